The number of amides is 1. The highest BCUT2D eigenvalue weighted by molar-refractivity contribution is 7.99. The zero-order valence-corrected chi connectivity index (χ0v) is 13.4. The van der Waals surface area contributed by atoms with E-state index in [1.165, 1.54) is 0 Å². The number of piperazine rings is 1. The van der Waals surface area contributed by atoms with E-state index in [0.29, 0.717) is 28.8 Å². The van der Waals surface area contributed by atoms with Gasteiger partial charge in [-0.05, 0) is 31.3 Å². The molecule has 1 amide bonds. The fraction of sp³-hybridized carbons (Fsp3) is 0.533. The van der Waals surface area contributed by atoms with Gasteiger partial charge in [-0.25, -0.2) is 0 Å². The van der Waals surface area contributed by atoms with Crippen molar-refractivity contribution in [1.29, 1.82) is 0 Å². The number of hydrogen-bond acceptors (Lipinski definition) is 4. The van der Waals surface area contributed by atoms with Gasteiger partial charge in [0, 0.05) is 49.7 Å². The van der Waals surface area contributed by atoms with Crippen molar-refractivity contribution < 1.29 is 13.6 Å². The third-order valence-electron chi connectivity index (χ3n) is 3.65. The quantitative estimate of drug-likeness (QED) is 0.810. The number of halogens is 2. The smallest absolute Gasteiger partial charge is 0.288 e. The summed E-state index contributed by atoms with van der Waals surface area (Å²) >= 11 is 0.480. The molecule has 22 heavy (non-hydrogen) atoms. The molecule has 7 heteroatoms. The maximum atomic E-state index is 12.2. The van der Waals surface area contributed by atoms with Gasteiger partial charge in [-0.15, -0.1) is 0 Å². The van der Waals surface area contributed by atoms with Gasteiger partial charge in [0.2, 0.25) is 0 Å². The summed E-state index contributed by atoms with van der Waals surface area (Å²) in [5.41, 5.74) is 0.497. The first-order chi connectivity index (χ1) is 10.5. The van der Waals surface area contributed by atoms with Crippen LogP contribution in [0.15, 0.2) is 29.2 Å². The van der Waals surface area contributed by atoms with Gasteiger partial charge in [-0.3, -0.25) is 9.69 Å². The summed E-state index contributed by atoms with van der Waals surface area (Å²) in [6.07, 6.45) is 0. The number of rotatable bonds is 6. The molecule has 0 aromatic heterocycles. The Balaban J connectivity index is 1.72. The molecular formula is C15H21F2N3OS. The summed E-state index contributed by atoms with van der Waals surface area (Å²) in [5, 5.41) is 2.87. The lowest BCUT2D eigenvalue weighted by atomic mass is 10.2. The second-order valence-corrected chi connectivity index (χ2v) is 6.37. The van der Waals surface area contributed by atoms with Gasteiger partial charge in [-0.2, -0.15) is 8.78 Å². The Morgan fingerprint density at radius 2 is 1.86 bits per heavy atom. The van der Waals surface area contributed by atoms with Crippen LogP contribution >= 0.6 is 11.8 Å². The summed E-state index contributed by atoms with van der Waals surface area (Å²) in [6, 6.07) is 6.25. The van der Waals surface area contributed by atoms with Crippen molar-refractivity contribution in [1.82, 2.24) is 15.1 Å². The standard InChI is InChI=1S/C15H21F2N3OS/c1-19-8-10-20(11-9-19)7-6-18-14(21)12-2-4-13(5-3-12)22-15(16)17/h2-5,15H,6-11H2,1H3,(H,18,21). The molecule has 0 radical (unpaired) electrons. The molecule has 0 bridgehead atoms. The maximum absolute atomic E-state index is 12.2. The second-order valence-electron chi connectivity index (χ2n) is 5.30. The minimum Gasteiger partial charge on any atom is -0.351 e. The lowest BCUT2D eigenvalue weighted by Gasteiger charge is -2.32. The van der Waals surface area contributed by atoms with E-state index in [1.807, 2.05) is 0 Å². The Bertz CT molecular complexity index is 476. The van der Waals surface area contributed by atoms with E-state index in [2.05, 4.69) is 22.2 Å². The van der Waals surface area contributed by atoms with Crippen molar-refractivity contribution in [3.8, 4) is 0 Å². The first-order valence-electron chi connectivity index (χ1n) is 7.28. The lowest BCUT2D eigenvalue weighted by molar-refractivity contribution is 0.0941. The van der Waals surface area contributed by atoms with Crippen molar-refractivity contribution in [2.75, 3.05) is 46.3 Å². The van der Waals surface area contributed by atoms with Crippen LogP contribution in [0, 0.1) is 0 Å². The first kappa shape index (κ1) is 17.2. The zero-order chi connectivity index (χ0) is 15.9. The van der Waals surface area contributed by atoms with Gasteiger partial charge in [0.25, 0.3) is 11.7 Å². The fourth-order valence-electron chi connectivity index (χ4n) is 2.29. The molecule has 1 aliphatic heterocycles. The van der Waals surface area contributed by atoms with Crippen molar-refractivity contribution in [3.63, 3.8) is 0 Å². The van der Waals surface area contributed by atoms with E-state index in [1.54, 1.807) is 24.3 Å². The van der Waals surface area contributed by atoms with Crippen LogP contribution in [0.4, 0.5) is 8.78 Å². The molecule has 1 saturated heterocycles. The lowest BCUT2D eigenvalue weighted by Crippen LogP contribution is -2.46. The SMILES string of the molecule is CN1CCN(CCNC(=O)c2ccc(SC(F)F)cc2)CC1. The summed E-state index contributed by atoms with van der Waals surface area (Å²) in [7, 11) is 2.11. The van der Waals surface area contributed by atoms with Crippen LogP contribution in [0.1, 0.15) is 10.4 Å². The first-order valence-corrected chi connectivity index (χ1v) is 8.16. The molecule has 0 aliphatic carbocycles. The van der Waals surface area contributed by atoms with Gasteiger partial charge < -0.3 is 10.2 Å². The van der Waals surface area contributed by atoms with Crippen molar-refractivity contribution in [3.05, 3.63) is 29.8 Å². The number of carbonyl (C=O) groups is 1. The van der Waals surface area contributed by atoms with E-state index < -0.39 is 5.76 Å². The van der Waals surface area contributed by atoms with Crippen LogP contribution in [-0.2, 0) is 0 Å². The summed E-state index contributed by atoms with van der Waals surface area (Å²) < 4.78 is 24.4. The molecule has 0 saturated carbocycles. The molecule has 2 rings (SSSR count). The van der Waals surface area contributed by atoms with E-state index >= 15 is 0 Å². The Hall–Kier alpha value is -1.18. The predicted octanol–water partition coefficient (Wildman–Crippen LogP) is 1.98. The summed E-state index contributed by atoms with van der Waals surface area (Å²) in [6.45, 7) is 5.57. The van der Waals surface area contributed by atoms with Gasteiger partial charge in [0.05, 0.1) is 0 Å². The molecule has 0 atom stereocenters. The highest BCUT2D eigenvalue weighted by Crippen LogP contribution is 2.25. The summed E-state index contributed by atoms with van der Waals surface area (Å²) in [5.74, 6) is -2.61. The second kappa shape index (κ2) is 8.45. The molecule has 1 N–H and O–H groups in total. The van der Waals surface area contributed by atoms with Gasteiger partial charge in [-0.1, -0.05) is 11.8 Å². The van der Waals surface area contributed by atoms with E-state index in [4.69, 9.17) is 0 Å². The molecular weight excluding hydrogens is 308 g/mol. The maximum Gasteiger partial charge on any atom is 0.288 e. The largest absolute Gasteiger partial charge is 0.351 e. The number of carbonyl (C=O) groups excluding carboxylic acids is 1. The Kier molecular flexibility index (Phi) is 6.60. The number of nitrogens with zero attached hydrogens (tertiary/aromatic N) is 2. The Labute approximate surface area is 133 Å². The van der Waals surface area contributed by atoms with Crippen LogP contribution in [-0.4, -0.2) is 67.8 Å². The van der Waals surface area contributed by atoms with Gasteiger partial charge in [0.15, 0.2) is 0 Å². The number of benzene rings is 1. The zero-order valence-electron chi connectivity index (χ0n) is 12.6. The predicted molar refractivity (Wildman–Crippen MR) is 84.6 cm³/mol. The highest BCUT2D eigenvalue weighted by Gasteiger charge is 2.13. The summed E-state index contributed by atoms with van der Waals surface area (Å²) in [4.78, 5) is 17.0. The van der Waals surface area contributed by atoms with Crippen LogP contribution in [0.5, 0.6) is 0 Å². The molecule has 0 unspecified atom stereocenters. The molecule has 4 nitrogen and oxygen atoms in total. The Morgan fingerprint density at radius 1 is 1.23 bits per heavy atom. The molecule has 1 fully saturated rings. The van der Waals surface area contributed by atoms with Gasteiger partial charge >= 0.3 is 0 Å². The highest BCUT2D eigenvalue weighted by atomic mass is 32.2. The number of alkyl halides is 2. The average molecular weight is 329 g/mol. The molecule has 1 aromatic carbocycles. The van der Waals surface area contributed by atoms with E-state index in [9.17, 15) is 13.6 Å². The third kappa shape index (κ3) is 5.55. The molecule has 0 spiro atoms. The number of thioether (sulfide) groups is 1. The molecule has 1 aliphatic rings. The molecule has 122 valence electrons. The number of likely N-dealkylation sites (N-methyl/N-ethyl adjacent to an activating group) is 1. The van der Waals surface area contributed by atoms with Crippen LogP contribution < -0.4 is 5.32 Å². The average Bonchev–Trinajstić information content (AvgIpc) is 2.49. The topological polar surface area (TPSA) is 35.6 Å². The monoisotopic (exact) mass is 329 g/mol. The minimum atomic E-state index is -2.44. The fourth-order valence-corrected chi connectivity index (χ4v) is 2.79. The van der Waals surface area contributed by atoms with Gasteiger partial charge in [0.1, 0.15) is 0 Å². The van der Waals surface area contributed by atoms with Crippen LogP contribution in [0.3, 0.4) is 0 Å². The normalized spacial score (nSPS) is 16.9. The van der Waals surface area contributed by atoms with E-state index in [-0.39, 0.29) is 5.91 Å². The van der Waals surface area contributed by atoms with E-state index in [0.717, 1.165) is 32.7 Å². The third-order valence-corrected chi connectivity index (χ3v) is 4.37. The van der Waals surface area contributed by atoms with Crippen LogP contribution in [0.2, 0.25) is 0 Å². The number of nitrogens with one attached hydrogen (secondary N) is 1. The van der Waals surface area contributed by atoms with Crippen molar-refractivity contribution in [2.45, 2.75) is 10.7 Å². The minimum absolute atomic E-state index is 0.164. The number of hydrogen-bond donors (Lipinski definition) is 1. The molecule has 1 aromatic rings. The van der Waals surface area contributed by atoms with Crippen molar-refractivity contribution in [2.24, 2.45) is 0 Å². The molecule has 1 heterocycles. The van der Waals surface area contributed by atoms with Crippen molar-refractivity contribution >= 4 is 17.7 Å². The Morgan fingerprint density at radius 3 is 2.45 bits per heavy atom. The van der Waals surface area contributed by atoms with Crippen LogP contribution in [0.25, 0.3) is 0 Å².